The third-order valence-electron chi connectivity index (χ3n) is 6.17. The molecule has 2 aromatic carbocycles. The van der Waals surface area contributed by atoms with Crippen LogP contribution in [0.1, 0.15) is 31.2 Å². The fourth-order valence-electron chi connectivity index (χ4n) is 4.75. The molecule has 1 saturated carbocycles. The maximum Gasteiger partial charge on any atom is 0.123 e. The van der Waals surface area contributed by atoms with Crippen LogP contribution in [0.15, 0.2) is 48.5 Å². The molecular formula is C23H28FNO2. The number of halogens is 1. The second-order valence-electron chi connectivity index (χ2n) is 7.88. The molecule has 3 nitrogen and oxygen atoms in total. The third-order valence-corrected chi connectivity index (χ3v) is 6.17. The molecule has 2 aliphatic rings. The summed E-state index contributed by atoms with van der Waals surface area (Å²) in [7, 11) is 0. The molecule has 0 amide bonds. The molecule has 4 rings (SSSR count). The molecule has 1 aliphatic heterocycles. The van der Waals surface area contributed by atoms with Crippen LogP contribution in [0, 0.1) is 11.7 Å². The molecule has 0 radical (unpaired) electrons. The lowest BCUT2D eigenvalue weighted by molar-refractivity contribution is -0.147. The highest BCUT2D eigenvalue weighted by Crippen LogP contribution is 2.41. The number of nitrogens with one attached hydrogen (secondary N) is 1. The van der Waals surface area contributed by atoms with Gasteiger partial charge in [0.15, 0.2) is 0 Å². The molecule has 0 spiro atoms. The first-order valence-electron chi connectivity index (χ1n) is 10.1. The summed E-state index contributed by atoms with van der Waals surface area (Å²) in [5.74, 6) is -0.0737. The third kappa shape index (κ3) is 3.93. The van der Waals surface area contributed by atoms with E-state index in [1.54, 1.807) is 6.07 Å². The molecule has 1 saturated heterocycles. The average Bonchev–Trinajstić information content (AvgIpc) is 3.25. The first-order chi connectivity index (χ1) is 13.2. The maximum atomic E-state index is 14.1. The predicted octanol–water partition coefficient (Wildman–Crippen LogP) is 3.94. The number of rotatable bonds is 5. The maximum absolute atomic E-state index is 14.1. The fourth-order valence-corrected chi connectivity index (χ4v) is 4.75. The highest BCUT2D eigenvalue weighted by atomic mass is 19.1. The molecule has 1 aliphatic carbocycles. The minimum atomic E-state index is -0.985. The average molecular weight is 369 g/mol. The van der Waals surface area contributed by atoms with Crippen molar-refractivity contribution in [2.24, 2.45) is 5.92 Å². The Bertz CT molecular complexity index is 754. The Kier molecular flexibility index (Phi) is 5.58. The van der Waals surface area contributed by atoms with Crippen LogP contribution in [-0.2, 0) is 11.2 Å². The standard InChI is InChI=1S/C23H28FNO2/c24-20-10-11-21(17-6-2-1-3-7-17)18(14-20)15-23(26,19-8-4-5-9-19)22-16-25-12-13-27-22/h1-3,6-7,10-11,14,19,22,25-26H,4-5,8-9,12-13,15-16H2. The highest BCUT2D eigenvalue weighted by Gasteiger charge is 2.46. The van der Waals surface area contributed by atoms with Gasteiger partial charge in [-0.1, -0.05) is 49.2 Å². The molecule has 144 valence electrons. The van der Waals surface area contributed by atoms with Crippen LogP contribution in [0.4, 0.5) is 4.39 Å². The van der Waals surface area contributed by atoms with Gasteiger partial charge in [-0.15, -0.1) is 0 Å². The molecule has 4 heteroatoms. The monoisotopic (exact) mass is 369 g/mol. The lowest BCUT2D eigenvalue weighted by atomic mass is 9.75. The van der Waals surface area contributed by atoms with Crippen LogP contribution < -0.4 is 5.32 Å². The first kappa shape index (κ1) is 18.6. The molecule has 27 heavy (non-hydrogen) atoms. The van der Waals surface area contributed by atoms with E-state index in [-0.39, 0.29) is 17.8 Å². The van der Waals surface area contributed by atoms with E-state index in [4.69, 9.17) is 4.74 Å². The van der Waals surface area contributed by atoms with Crippen molar-refractivity contribution in [1.82, 2.24) is 5.32 Å². The second-order valence-corrected chi connectivity index (χ2v) is 7.88. The van der Waals surface area contributed by atoms with Gasteiger partial charge < -0.3 is 15.2 Å². The smallest absolute Gasteiger partial charge is 0.123 e. The Morgan fingerprint density at radius 1 is 1.11 bits per heavy atom. The van der Waals surface area contributed by atoms with Crippen LogP contribution >= 0.6 is 0 Å². The van der Waals surface area contributed by atoms with Crippen LogP contribution in [0.25, 0.3) is 11.1 Å². The molecule has 2 fully saturated rings. The highest BCUT2D eigenvalue weighted by molar-refractivity contribution is 5.67. The van der Waals surface area contributed by atoms with Gasteiger partial charge in [0, 0.05) is 19.5 Å². The van der Waals surface area contributed by atoms with Gasteiger partial charge in [-0.2, -0.15) is 0 Å². The van der Waals surface area contributed by atoms with Gasteiger partial charge in [-0.05, 0) is 47.6 Å². The van der Waals surface area contributed by atoms with Crippen molar-refractivity contribution < 1.29 is 14.2 Å². The normalized spacial score (nSPS) is 23.3. The topological polar surface area (TPSA) is 41.5 Å². The molecule has 2 N–H and O–H groups in total. The van der Waals surface area contributed by atoms with Gasteiger partial charge in [-0.3, -0.25) is 0 Å². The summed E-state index contributed by atoms with van der Waals surface area (Å²) in [6.07, 6.45) is 4.44. The molecule has 0 aromatic heterocycles. The number of hydrogen-bond donors (Lipinski definition) is 2. The van der Waals surface area contributed by atoms with Crippen LogP contribution in [0.5, 0.6) is 0 Å². The van der Waals surface area contributed by atoms with Crippen molar-refractivity contribution in [2.75, 3.05) is 19.7 Å². The molecule has 1 heterocycles. The summed E-state index contributed by atoms with van der Waals surface area (Å²) >= 11 is 0. The first-order valence-corrected chi connectivity index (χ1v) is 10.1. The van der Waals surface area contributed by atoms with E-state index in [0.717, 1.165) is 48.9 Å². The summed E-state index contributed by atoms with van der Waals surface area (Å²) in [6, 6.07) is 14.9. The number of ether oxygens (including phenoxy) is 1. The quantitative estimate of drug-likeness (QED) is 0.839. The number of benzene rings is 2. The lowest BCUT2D eigenvalue weighted by Gasteiger charge is -2.43. The van der Waals surface area contributed by atoms with Crippen LogP contribution in [-0.4, -0.2) is 36.5 Å². The summed E-state index contributed by atoms with van der Waals surface area (Å²) in [5.41, 5.74) is 1.90. The summed E-state index contributed by atoms with van der Waals surface area (Å²) in [4.78, 5) is 0. The van der Waals surface area contributed by atoms with Crippen LogP contribution in [0.3, 0.4) is 0 Å². The number of morpholine rings is 1. The summed E-state index contributed by atoms with van der Waals surface area (Å²) in [6.45, 7) is 2.06. The van der Waals surface area contributed by atoms with E-state index in [1.165, 1.54) is 6.07 Å². The van der Waals surface area contributed by atoms with Crippen molar-refractivity contribution >= 4 is 0 Å². The zero-order valence-corrected chi connectivity index (χ0v) is 15.7. The fraction of sp³-hybridized carbons (Fsp3) is 0.478. The van der Waals surface area contributed by atoms with E-state index >= 15 is 0 Å². The van der Waals surface area contributed by atoms with E-state index in [0.29, 0.717) is 19.6 Å². The zero-order chi connectivity index (χ0) is 18.7. The molecule has 0 bridgehead atoms. The molecular weight excluding hydrogens is 341 g/mol. The van der Waals surface area contributed by atoms with E-state index in [1.807, 2.05) is 36.4 Å². The van der Waals surface area contributed by atoms with E-state index in [9.17, 15) is 9.50 Å². The Morgan fingerprint density at radius 3 is 2.59 bits per heavy atom. The van der Waals surface area contributed by atoms with Gasteiger partial charge in [-0.25, -0.2) is 4.39 Å². The van der Waals surface area contributed by atoms with Gasteiger partial charge in [0.25, 0.3) is 0 Å². The lowest BCUT2D eigenvalue weighted by Crippen LogP contribution is -2.57. The van der Waals surface area contributed by atoms with Crippen molar-refractivity contribution in [1.29, 1.82) is 0 Å². The Hall–Kier alpha value is -1.75. The van der Waals surface area contributed by atoms with Gasteiger partial charge in [0.1, 0.15) is 5.82 Å². The Labute approximate surface area is 160 Å². The minimum Gasteiger partial charge on any atom is -0.386 e. The Balaban J connectivity index is 1.71. The summed E-state index contributed by atoms with van der Waals surface area (Å²) in [5, 5.41) is 15.2. The van der Waals surface area contributed by atoms with Crippen LogP contribution in [0.2, 0.25) is 0 Å². The van der Waals surface area contributed by atoms with Crippen molar-refractivity contribution in [2.45, 2.75) is 43.8 Å². The molecule has 2 atom stereocenters. The molecule has 2 unspecified atom stereocenters. The van der Waals surface area contributed by atoms with Gasteiger partial charge in [0.05, 0.1) is 18.3 Å². The van der Waals surface area contributed by atoms with Gasteiger partial charge >= 0.3 is 0 Å². The van der Waals surface area contributed by atoms with Gasteiger partial charge in [0.2, 0.25) is 0 Å². The van der Waals surface area contributed by atoms with Crippen molar-refractivity contribution in [3.63, 3.8) is 0 Å². The SMILES string of the molecule is OC(Cc1cc(F)ccc1-c1ccccc1)(C1CCCC1)C1CNCCO1. The number of hydrogen-bond acceptors (Lipinski definition) is 3. The number of aliphatic hydroxyl groups is 1. The zero-order valence-electron chi connectivity index (χ0n) is 15.7. The predicted molar refractivity (Wildman–Crippen MR) is 105 cm³/mol. The Morgan fingerprint density at radius 2 is 1.89 bits per heavy atom. The van der Waals surface area contributed by atoms with E-state index in [2.05, 4.69) is 5.32 Å². The minimum absolute atomic E-state index is 0.189. The second kappa shape index (κ2) is 8.09. The van der Waals surface area contributed by atoms with Crippen molar-refractivity contribution in [3.8, 4) is 11.1 Å². The summed E-state index contributed by atoms with van der Waals surface area (Å²) < 4.78 is 20.1. The largest absolute Gasteiger partial charge is 0.386 e. The van der Waals surface area contributed by atoms with Crippen molar-refractivity contribution in [3.05, 3.63) is 59.9 Å². The molecule has 2 aromatic rings. The van der Waals surface area contributed by atoms with E-state index < -0.39 is 5.60 Å².